The molecule has 10 heavy (non-hydrogen) atoms. The van der Waals surface area contributed by atoms with Gasteiger partial charge in [-0.15, -0.1) is 6.42 Å². The summed E-state index contributed by atoms with van der Waals surface area (Å²) in [6.07, 6.45) is 8.07. The number of anilines is 2. The van der Waals surface area contributed by atoms with Crippen LogP contribution in [0.25, 0.3) is 0 Å². The minimum atomic E-state index is 0.447. The van der Waals surface area contributed by atoms with Crippen molar-refractivity contribution in [1.29, 1.82) is 0 Å². The first kappa shape index (κ1) is 6.43. The fraction of sp³-hybridized carbons (Fsp3) is 0. The molecule has 3 nitrogen and oxygen atoms in total. The van der Waals surface area contributed by atoms with Gasteiger partial charge in [-0.1, -0.05) is 5.92 Å². The van der Waals surface area contributed by atoms with Crippen LogP contribution in [0.15, 0.2) is 12.4 Å². The lowest BCUT2D eigenvalue weighted by Gasteiger charge is -1.98. The maximum Gasteiger partial charge on any atom is 0.0733 e. The first-order chi connectivity index (χ1) is 4.75. The fourth-order valence-electron chi connectivity index (χ4n) is 0.660. The van der Waals surface area contributed by atoms with E-state index in [1.165, 1.54) is 12.4 Å². The summed E-state index contributed by atoms with van der Waals surface area (Å²) in [6.45, 7) is 0. The van der Waals surface area contributed by atoms with Crippen molar-refractivity contribution < 1.29 is 0 Å². The summed E-state index contributed by atoms with van der Waals surface area (Å²) in [5.74, 6) is 2.37. The first-order valence-corrected chi connectivity index (χ1v) is 2.71. The fourth-order valence-corrected chi connectivity index (χ4v) is 0.660. The van der Waals surface area contributed by atoms with Gasteiger partial charge in [0.2, 0.25) is 0 Å². The van der Waals surface area contributed by atoms with Gasteiger partial charge >= 0.3 is 0 Å². The molecular weight excluding hydrogens is 126 g/mol. The van der Waals surface area contributed by atoms with Crippen LogP contribution in [0, 0.1) is 12.3 Å². The summed E-state index contributed by atoms with van der Waals surface area (Å²) in [4.78, 5) is 3.75. The number of nitrogen functional groups attached to an aromatic ring is 2. The Kier molecular flexibility index (Phi) is 1.46. The molecule has 0 fully saturated rings. The maximum absolute atomic E-state index is 5.45. The largest absolute Gasteiger partial charge is 0.396 e. The molecule has 1 aromatic rings. The molecule has 0 saturated carbocycles. The van der Waals surface area contributed by atoms with E-state index in [0.29, 0.717) is 16.9 Å². The van der Waals surface area contributed by atoms with Crippen LogP contribution in [0.2, 0.25) is 0 Å². The molecule has 0 unspecified atom stereocenters. The minimum Gasteiger partial charge on any atom is -0.396 e. The second-order valence-corrected chi connectivity index (χ2v) is 1.84. The molecule has 0 atom stereocenters. The second kappa shape index (κ2) is 2.28. The van der Waals surface area contributed by atoms with Gasteiger partial charge in [0.1, 0.15) is 0 Å². The Balaban J connectivity index is 3.34. The van der Waals surface area contributed by atoms with Crippen molar-refractivity contribution in [3.05, 3.63) is 18.0 Å². The van der Waals surface area contributed by atoms with E-state index in [9.17, 15) is 0 Å². The Hall–Kier alpha value is -1.69. The molecule has 0 aliphatic heterocycles. The van der Waals surface area contributed by atoms with Crippen LogP contribution in [0.5, 0.6) is 0 Å². The number of aromatic nitrogens is 1. The van der Waals surface area contributed by atoms with E-state index in [1.807, 2.05) is 0 Å². The van der Waals surface area contributed by atoms with Crippen LogP contribution in [-0.4, -0.2) is 4.98 Å². The summed E-state index contributed by atoms with van der Waals surface area (Å²) in [6, 6.07) is 0. The van der Waals surface area contributed by atoms with Crippen molar-refractivity contribution in [3.8, 4) is 12.3 Å². The Morgan fingerprint density at radius 1 is 1.30 bits per heavy atom. The predicted octanol–water partition coefficient (Wildman–Crippen LogP) is 0.227. The monoisotopic (exact) mass is 133 g/mol. The average Bonchev–Trinajstić information content (AvgIpc) is 1.88. The molecule has 50 valence electrons. The third-order valence-corrected chi connectivity index (χ3v) is 1.15. The Morgan fingerprint density at radius 3 is 2.10 bits per heavy atom. The van der Waals surface area contributed by atoms with Crippen LogP contribution < -0.4 is 11.5 Å². The highest BCUT2D eigenvalue weighted by molar-refractivity contribution is 5.66. The van der Waals surface area contributed by atoms with Crippen molar-refractivity contribution in [1.82, 2.24) is 4.98 Å². The van der Waals surface area contributed by atoms with Crippen LogP contribution in [-0.2, 0) is 0 Å². The van der Waals surface area contributed by atoms with E-state index >= 15 is 0 Å². The topological polar surface area (TPSA) is 64.9 Å². The van der Waals surface area contributed by atoms with E-state index in [4.69, 9.17) is 17.9 Å². The third-order valence-electron chi connectivity index (χ3n) is 1.15. The summed E-state index contributed by atoms with van der Waals surface area (Å²) in [5.41, 5.74) is 12.3. The lowest BCUT2D eigenvalue weighted by atomic mass is 10.2. The normalized spacial score (nSPS) is 8.70. The Labute approximate surface area is 59.1 Å². The van der Waals surface area contributed by atoms with Crippen molar-refractivity contribution in [3.63, 3.8) is 0 Å². The van der Waals surface area contributed by atoms with E-state index < -0.39 is 0 Å². The number of nitrogens with two attached hydrogens (primary N) is 2. The van der Waals surface area contributed by atoms with Gasteiger partial charge in [-0.25, -0.2) is 0 Å². The minimum absolute atomic E-state index is 0.447. The third kappa shape index (κ3) is 0.869. The van der Waals surface area contributed by atoms with Crippen molar-refractivity contribution in [2.45, 2.75) is 0 Å². The van der Waals surface area contributed by atoms with Gasteiger partial charge in [-0.05, 0) is 0 Å². The summed E-state index contributed by atoms with van der Waals surface area (Å²) in [7, 11) is 0. The van der Waals surface area contributed by atoms with Gasteiger partial charge in [0.05, 0.1) is 29.3 Å². The SMILES string of the molecule is C#Cc1c(N)cncc1N. The number of hydrogen-bond acceptors (Lipinski definition) is 3. The first-order valence-electron chi connectivity index (χ1n) is 2.71. The van der Waals surface area contributed by atoms with Crippen LogP contribution in [0.4, 0.5) is 11.4 Å². The van der Waals surface area contributed by atoms with Crippen molar-refractivity contribution in [2.75, 3.05) is 11.5 Å². The number of rotatable bonds is 0. The Bertz CT molecular complexity index is 265. The summed E-state index contributed by atoms with van der Waals surface area (Å²) in [5, 5.41) is 0. The highest BCUT2D eigenvalue weighted by Gasteiger charge is 1.98. The molecule has 4 N–H and O–H groups in total. The zero-order valence-electron chi connectivity index (χ0n) is 5.33. The van der Waals surface area contributed by atoms with Gasteiger partial charge in [-0.3, -0.25) is 4.98 Å². The number of pyridine rings is 1. The summed E-state index contributed by atoms with van der Waals surface area (Å²) >= 11 is 0. The molecule has 1 aromatic heterocycles. The highest BCUT2D eigenvalue weighted by atomic mass is 14.7. The zero-order chi connectivity index (χ0) is 7.56. The molecule has 1 heterocycles. The van der Waals surface area contributed by atoms with E-state index in [-0.39, 0.29) is 0 Å². The van der Waals surface area contributed by atoms with Gasteiger partial charge < -0.3 is 11.5 Å². The Morgan fingerprint density at radius 2 is 1.80 bits per heavy atom. The smallest absolute Gasteiger partial charge is 0.0733 e. The van der Waals surface area contributed by atoms with Crippen molar-refractivity contribution in [2.24, 2.45) is 0 Å². The molecule has 0 radical (unpaired) electrons. The van der Waals surface area contributed by atoms with E-state index in [1.54, 1.807) is 0 Å². The van der Waals surface area contributed by atoms with E-state index in [2.05, 4.69) is 10.9 Å². The molecule has 0 aliphatic carbocycles. The molecule has 0 bridgehead atoms. The maximum atomic E-state index is 5.45. The van der Waals surface area contributed by atoms with Crippen LogP contribution in [0.3, 0.4) is 0 Å². The van der Waals surface area contributed by atoms with Gasteiger partial charge in [0.25, 0.3) is 0 Å². The van der Waals surface area contributed by atoms with E-state index in [0.717, 1.165) is 0 Å². The lowest BCUT2D eigenvalue weighted by Crippen LogP contribution is -1.97. The molecule has 0 aromatic carbocycles. The quantitative estimate of drug-likeness (QED) is 0.498. The molecule has 3 heteroatoms. The second-order valence-electron chi connectivity index (χ2n) is 1.84. The highest BCUT2D eigenvalue weighted by Crippen LogP contribution is 2.14. The summed E-state index contributed by atoms with van der Waals surface area (Å²) < 4.78 is 0. The molecule has 0 amide bonds. The number of hydrogen-bond donors (Lipinski definition) is 2. The van der Waals surface area contributed by atoms with Gasteiger partial charge in [0.15, 0.2) is 0 Å². The van der Waals surface area contributed by atoms with Crippen molar-refractivity contribution >= 4 is 11.4 Å². The van der Waals surface area contributed by atoms with Gasteiger partial charge in [-0.2, -0.15) is 0 Å². The number of nitrogens with zero attached hydrogens (tertiary/aromatic N) is 1. The number of terminal acetylenes is 1. The zero-order valence-corrected chi connectivity index (χ0v) is 5.33. The molecular formula is C7H7N3. The molecule has 0 saturated heterocycles. The lowest BCUT2D eigenvalue weighted by molar-refractivity contribution is 1.33. The predicted molar refractivity (Wildman–Crippen MR) is 41.0 cm³/mol. The molecule has 0 spiro atoms. The van der Waals surface area contributed by atoms with Crippen LogP contribution in [0.1, 0.15) is 5.56 Å². The molecule has 1 rings (SSSR count). The van der Waals surface area contributed by atoms with Crippen LogP contribution >= 0.6 is 0 Å². The van der Waals surface area contributed by atoms with Gasteiger partial charge in [0, 0.05) is 0 Å². The average molecular weight is 133 g/mol. The standard InChI is InChI=1S/C7H7N3/c1-2-5-6(8)3-10-4-7(5)9/h1,3-4H,8-9H2. The molecule has 0 aliphatic rings.